The fourth-order valence-electron chi connectivity index (χ4n) is 3.51. The minimum Gasteiger partial charge on any atom is -0.365 e. The minimum atomic E-state index is -2.52. The van der Waals surface area contributed by atoms with Crippen molar-refractivity contribution in [1.82, 2.24) is 0 Å². The third-order valence-corrected chi connectivity index (χ3v) is 8.25. The van der Waals surface area contributed by atoms with Gasteiger partial charge in [0.2, 0.25) is 0 Å². The first-order valence-corrected chi connectivity index (χ1v) is 10.00. The highest BCUT2D eigenvalue weighted by Crippen LogP contribution is 2.67. The van der Waals surface area contributed by atoms with E-state index in [0.29, 0.717) is 19.4 Å². The number of hydrogen-bond acceptors (Lipinski definition) is 3. The molecule has 5 rings (SSSR count). The monoisotopic (exact) mass is 324 g/mol. The molecule has 2 unspecified atom stereocenters. The first kappa shape index (κ1) is 13.7. The molecule has 23 heavy (non-hydrogen) atoms. The summed E-state index contributed by atoms with van der Waals surface area (Å²) in [7, 11) is -2.52. The van der Waals surface area contributed by atoms with Crippen molar-refractivity contribution in [2.45, 2.75) is 17.9 Å². The Morgan fingerprint density at radius 2 is 1.35 bits per heavy atom. The van der Waals surface area contributed by atoms with E-state index in [4.69, 9.17) is 9.47 Å². The van der Waals surface area contributed by atoms with Crippen LogP contribution in [-0.4, -0.2) is 24.9 Å². The standard InChI is InChI=1S/C19H17O3P/c20-23(18-10-21-18,19-11-22-19)12-17-15-7-3-1-5-13(15)9-14-6-2-4-8-16(14)17/h1-9,18-19H,10-12H2. The van der Waals surface area contributed by atoms with Gasteiger partial charge in [0.25, 0.3) is 0 Å². The summed E-state index contributed by atoms with van der Waals surface area (Å²) in [6.45, 7) is 1.22. The number of hydrogen-bond donors (Lipinski definition) is 0. The van der Waals surface area contributed by atoms with Crippen LogP contribution in [0.3, 0.4) is 0 Å². The second-order valence-electron chi connectivity index (χ2n) is 6.39. The lowest BCUT2D eigenvalue weighted by molar-refractivity contribution is 0.421. The molecule has 2 aliphatic heterocycles. The normalized spacial score (nSPS) is 25.4. The van der Waals surface area contributed by atoms with Gasteiger partial charge in [0.05, 0.1) is 13.2 Å². The predicted octanol–water partition coefficient (Wildman–Crippen LogP) is 4.57. The summed E-state index contributed by atoms with van der Waals surface area (Å²) in [4.78, 5) is 0. The van der Waals surface area contributed by atoms with Crippen LogP contribution in [0, 0.1) is 0 Å². The van der Waals surface area contributed by atoms with Gasteiger partial charge in [0, 0.05) is 6.16 Å². The van der Waals surface area contributed by atoms with E-state index in [-0.39, 0.29) is 11.7 Å². The Morgan fingerprint density at radius 1 is 0.870 bits per heavy atom. The number of benzene rings is 3. The summed E-state index contributed by atoms with van der Waals surface area (Å²) >= 11 is 0. The molecule has 4 heteroatoms. The van der Waals surface area contributed by atoms with Crippen LogP contribution < -0.4 is 0 Å². The van der Waals surface area contributed by atoms with Crippen LogP contribution >= 0.6 is 7.14 Å². The lowest BCUT2D eigenvalue weighted by Crippen LogP contribution is -2.03. The second-order valence-corrected chi connectivity index (χ2v) is 9.56. The average molecular weight is 324 g/mol. The van der Waals surface area contributed by atoms with Crippen LogP contribution in [0.5, 0.6) is 0 Å². The van der Waals surface area contributed by atoms with Crippen molar-refractivity contribution in [3.05, 3.63) is 60.2 Å². The molecule has 2 saturated heterocycles. The molecule has 3 nitrogen and oxygen atoms in total. The Bertz CT molecular complexity index is 887. The van der Waals surface area contributed by atoms with Crippen LogP contribution in [0.15, 0.2) is 54.6 Å². The molecular formula is C19H17O3P. The van der Waals surface area contributed by atoms with E-state index >= 15 is 0 Å². The third kappa shape index (κ3) is 2.23. The maximum absolute atomic E-state index is 13.5. The van der Waals surface area contributed by atoms with Gasteiger partial charge in [-0.3, -0.25) is 0 Å². The quantitative estimate of drug-likeness (QED) is 0.401. The van der Waals surface area contributed by atoms with Gasteiger partial charge < -0.3 is 14.0 Å². The van der Waals surface area contributed by atoms with Crippen LogP contribution in [0.2, 0.25) is 0 Å². The molecule has 0 aromatic heterocycles. The van der Waals surface area contributed by atoms with Gasteiger partial charge in [0.15, 0.2) is 7.14 Å². The first-order chi connectivity index (χ1) is 11.3. The van der Waals surface area contributed by atoms with Gasteiger partial charge in [-0.2, -0.15) is 0 Å². The molecule has 3 aromatic rings. The van der Waals surface area contributed by atoms with Crippen molar-refractivity contribution < 1.29 is 14.0 Å². The molecule has 0 saturated carbocycles. The zero-order valence-electron chi connectivity index (χ0n) is 12.6. The Hall–Kier alpha value is -1.67. The summed E-state index contributed by atoms with van der Waals surface area (Å²) in [5.41, 5.74) is 1.17. The van der Waals surface area contributed by atoms with Crippen molar-refractivity contribution in [2.75, 3.05) is 13.2 Å². The van der Waals surface area contributed by atoms with E-state index in [1.165, 1.54) is 27.1 Å². The molecule has 0 spiro atoms. The second kappa shape index (κ2) is 4.91. The van der Waals surface area contributed by atoms with E-state index in [9.17, 15) is 4.57 Å². The number of epoxide rings is 2. The molecule has 0 radical (unpaired) electrons. The van der Waals surface area contributed by atoms with E-state index < -0.39 is 7.14 Å². The molecule has 2 heterocycles. The highest BCUT2D eigenvalue weighted by Gasteiger charge is 2.54. The molecular weight excluding hydrogens is 307 g/mol. The van der Waals surface area contributed by atoms with Crippen LogP contribution in [-0.2, 0) is 20.2 Å². The molecule has 116 valence electrons. The third-order valence-electron chi connectivity index (χ3n) is 4.89. The smallest absolute Gasteiger partial charge is 0.151 e. The number of fused-ring (bicyclic) bond motifs is 2. The zero-order valence-corrected chi connectivity index (χ0v) is 13.5. The minimum absolute atomic E-state index is 0.104. The summed E-state index contributed by atoms with van der Waals surface area (Å²) in [5.74, 6) is -0.208. The molecule has 0 aliphatic carbocycles. The van der Waals surface area contributed by atoms with Gasteiger partial charge in [-0.1, -0.05) is 48.5 Å². The summed E-state index contributed by atoms with van der Waals surface area (Å²) in [6.07, 6.45) is 0.560. The Labute approximate surface area is 134 Å². The zero-order chi connectivity index (χ0) is 15.4. The van der Waals surface area contributed by atoms with Gasteiger partial charge in [-0.25, -0.2) is 0 Å². The van der Waals surface area contributed by atoms with Crippen LogP contribution in [0.4, 0.5) is 0 Å². The molecule has 0 N–H and O–H groups in total. The maximum atomic E-state index is 13.5. The van der Waals surface area contributed by atoms with Crippen molar-refractivity contribution in [1.29, 1.82) is 0 Å². The van der Waals surface area contributed by atoms with Crippen LogP contribution in [0.25, 0.3) is 21.5 Å². The highest BCUT2D eigenvalue weighted by molar-refractivity contribution is 7.64. The topological polar surface area (TPSA) is 42.1 Å². The summed E-state index contributed by atoms with van der Waals surface area (Å²) in [6, 6.07) is 18.9. The number of rotatable bonds is 4. The molecule has 3 aromatic carbocycles. The van der Waals surface area contributed by atoms with E-state index in [2.05, 4.69) is 42.5 Å². The van der Waals surface area contributed by atoms with Gasteiger partial charge in [0.1, 0.15) is 11.7 Å². The van der Waals surface area contributed by atoms with Crippen molar-refractivity contribution >= 4 is 28.7 Å². The molecule has 2 atom stereocenters. The van der Waals surface area contributed by atoms with Crippen molar-refractivity contribution in [2.24, 2.45) is 0 Å². The van der Waals surface area contributed by atoms with E-state index in [0.717, 1.165) is 0 Å². The lowest BCUT2D eigenvalue weighted by Gasteiger charge is -2.17. The Balaban J connectivity index is 1.76. The molecule has 2 aliphatic rings. The number of ether oxygens (including phenoxy) is 2. The largest absolute Gasteiger partial charge is 0.365 e. The van der Waals surface area contributed by atoms with Crippen molar-refractivity contribution in [3.8, 4) is 0 Å². The van der Waals surface area contributed by atoms with Gasteiger partial charge in [-0.05, 0) is 33.2 Å². The predicted molar refractivity (Wildman–Crippen MR) is 92.2 cm³/mol. The Morgan fingerprint density at radius 3 is 1.83 bits per heavy atom. The van der Waals surface area contributed by atoms with Gasteiger partial charge in [-0.15, -0.1) is 0 Å². The van der Waals surface area contributed by atoms with Crippen molar-refractivity contribution in [3.63, 3.8) is 0 Å². The first-order valence-electron chi connectivity index (χ1n) is 7.97. The maximum Gasteiger partial charge on any atom is 0.151 e. The van der Waals surface area contributed by atoms with E-state index in [1.807, 2.05) is 12.1 Å². The lowest BCUT2D eigenvalue weighted by atomic mass is 9.98. The summed E-state index contributed by atoms with van der Waals surface area (Å²) in [5, 5.41) is 4.77. The molecule has 2 fully saturated rings. The molecule has 0 bridgehead atoms. The average Bonchev–Trinajstić information content (AvgIpc) is 3.46. The highest BCUT2D eigenvalue weighted by atomic mass is 31.2. The van der Waals surface area contributed by atoms with E-state index in [1.54, 1.807) is 0 Å². The van der Waals surface area contributed by atoms with Gasteiger partial charge >= 0.3 is 0 Å². The fraction of sp³-hybridized carbons (Fsp3) is 0.263. The Kier molecular flexibility index (Phi) is 2.93. The fourth-order valence-corrected chi connectivity index (χ4v) is 6.30. The van der Waals surface area contributed by atoms with Crippen LogP contribution in [0.1, 0.15) is 5.56 Å². The molecule has 0 amide bonds. The summed E-state index contributed by atoms with van der Waals surface area (Å²) < 4.78 is 24.4. The SMILES string of the molecule is O=P(Cc1c2ccccc2cc2ccccc12)(C1CO1)C1CO1.